The van der Waals surface area contributed by atoms with Gasteiger partial charge >= 0.3 is 0 Å². The molecule has 68 valence electrons. The molecule has 1 aliphatic rings. The summed E-state index contributed by atoms with van der Waals surface area (Å²) in [5.74, 6) is 0.905. The summed E-state index contributed by atoms with van der Waals surface area (Å²) >= 11 is 1.57. The van der Waals surface area contributed by atoms with E-state index in [9.17, 15) is 5.21 Å². The Morgan fingerprint density at radius 2 is 2.08 bits per heavy atom. The fourth-order valence-electron chi connectivity index (χ4n) is 1.10. The van der Waals surface area contributed by atoms with Crippen molar-refractivity contribution in [1.29, 1.82) is 0 Å². The molecule has 0 bridgehead atoms. The van der Waals surface area contributed by atoms with E-state index in [4.69, 9.17) is 0 Å². The second kappa shape index (κ2) is 3.81. The Kier molecular flexibility index (Phi) is 2.52. The molecule has 0 aromatic heterocycles. The molecule has 13 heavy (non-hydrogen) atoms. The fourth-order valence-corrected chi connectivity index (χ4v) is 1.95. The highest BCUT2D eigenvalue weighted by Gasteiger charge is 2.16. The van der Waals surface area contributed by atoms with E-state index in [1.165, 1.54) is 5.06 Å². The Morgan fingerprint density at radius 1 is 1.31 bits per heavy atom. The molecule has 0 amide bonds. The van der Waals surface area contributed by atoms with Crippen LogP contribution in [0.2, 0.25) is 0 Å². The molecule has 0 saturated carbocycles. The summed E-state index contributed by atoms with van der Waals surface area (Å²) < 4.78 is 0. The molecule has 1 N–H and O–H groups in total. The van der Waals surface area contributed by atoms with Gasteiger partial charge in [0.05, 0.1) is 12.2 Å². The van der Waals surface area contributed by atoms with E-state index in [2.05, 4.69) is 4.99 Å². The second-order valence-corrected chi connectivity index (χ2v) is 3.76. The number of thioether (sulfide) groups is 1. The highest BCUT2D eigenvalue weighted by Crippen LogP contribution is 2.20. The van der Waals surface area contributed by atoms with Crippen LogP contribution in [0.25, 0.3) is 0 Å². The molecular weight excluding hydrogens is 184 g/mol. The van der Waals surface area contributed by atoms with Gasteiger partial charge in [-0.2, -0.15) is 0 Å². The molecule has 4 heteroatoms. The van der Waals surface area contributed by atoms with Crippen molar-refractivity contribution in [2.45, 2.75) is 0 Å². The predicted molar refractivity (Wildman–Crippen MR) is 54.5 cm³/mol. The molecule has 1 aliphatic heterocycles. The van der Waals surface area contributed by atoms with Crippen LogP contribution in [0.5, 0.6) is 0 Å². The van der Waals surface area contributed by atoms with Crippen molar-refractivity contribution in [2.24, 2.45) is 4.99 Å². The van der Waals surface area contributed by atoms with E-state index >= 15 is 0 Å². The average molecular weight is 194 g/mol. The first-order valence-electron chi connectivity index (χ1n) is 4.09. The minimum Gasteiger partial charge on any atom is -0.287 e. The van der Waals surface area contributed by atoms with Crippen LogP contribution in [0.3, 0.4) is 0 Å². The third-order valence-corrected chi connectivity index (χ3v) is 2.68. The van der Waals surface area contributed by atoms with Crippen LogP contribution >= 0.6 is 11.8 Å². The third kappa shape index (κ3) is 2.02. The first-order chi connectivity index (χ1) is 6.36. The summed E-state index contributed by atoms with van der Waals surface area (Å²) in [7, 11) is 0. The maximum absolute atomic E-state index is 9.33. The quantitative estimate of drug-likeness (QED) is 0.743. The van der Waals surface area contributed by atoms with Crippen molar-refractivity contribution >= 4 is 22.6 Å². The number of hydroxylamine groups is 2. The van der Waals surface area contributed by atoms with Crippen LogP contribution in [-0.4, -0.2) is 27.7 Å². The standard InChI is InChI=1S/C9H10N2OS/c12-11-6-7-13-9(11)10-8-4-2-1-3-5-8/h1-5,12H,6-7H2. The van der Waals surface area contributed by atoms with Crippen molar-refractivity contribution in [2.75, 3.05) is 12.3 Å². The zero-order valence-corrected chi connectivity index (χ0v) is 7.87. The maximum Gasteiger partial charge on any atom is 0.188 e. The van der Waals surface area contributed by atoms with Gasteiger partial charge in [0, 0.05) is 5.75 Å². The average Bonchev–Trinajstić information content (AvgIpc) is 2.54. The zero-order chi connectivity index (χ0) is 9.10. The summed E-state index contributed by atoms with van der Waals surface area (Å²) in [4.78, 5) is 4.29. The zero-order valence-electron chi connectivity index (χ0n) is 7.05. The van der Waals surface area contributed by atoms with Gasteiger partial charge in [0.2, 0.25) is 0 Å². The van der Waals surface area contributed by atoms with Crippen molar-refractivity contribution in [3.63, 3.8) is 0 Å². The van der Waals surface area contributed by atoms with Gasteiger partial charge in [-0.3, -0.25) is 5.21 Å². The smallest absolute Gasteiger partial charge is 0.188 e. The van der Waals surface area contributed by atoms with Crippen LogP contribution in [0.4, 0.5) is 5.69 Å². The van der Waals surface area contributed by atoms with Gasteiger partial charge in [0.1, 0.15) is 0 Å². The van der Waals surface area contributed by atoms with Crippen molar-refractivity contribution < 1.29 is 5.21 Å². The molecule has 0 radical (unpaired) electrons. The Bertz CT molecular complexity index is 313. The van der Waals surface area contributed by atoms with Gasteiger partial charge in [0.25, 0.3) is 0 Å². The van der Waals surface area contributed by atoms with Crippen molar-refractivity contribution in [3.05, 3.63) is 30.3 Å². The lowest BCUT2D eigenvalue weighted by Crippen LogP contribution is -2.18. The van der Waals surface area contributed by atoms with E-state index < -0.39 is 0 Å². The van der Waals surface area contributed by atoms with Crippen LogP contribution in [0.15, 0.2) is 35.3 Å². The molecule has 3 nitrogen and oxygen atoms in total. The van der Waals surface area contributed by atoms with Gasteiger partial charge in [-0.15, -0.1) is 0 Å². The Labute approximate surface area is 81.0 Å². The van der Waals surface area contributed by atoms with Gasteiger partial charge < -0.3 is 0 Å². The van der Waals surface area contributed by atoms with Crippen molar-refractivity contribution in [1.82, 2.24) is 5.06 Å². The molecule has 0 unspecified atom stereocenters. The van der Waals surface area contributed by atoms with E-state index in [0.717, 1.165) is 11.4 Å². The Hall–Kier alpha value is -1.00. The summed E-state index contributed by atoms with van der Waals surface area (Å²) in [6, 6.07) is 9.64. The van der Waals surface area contributed by atoms with Crippen LogP contribution in [0, 0.1) is 0 Å². The monoisotopic (exact) mass is 194 g/mol. The molecule has 0 spiro atoms. The minimum absolute atomic E-state index is 0.663. The number of rotatable bonds is 1. The first-order valence-corrected chi connectivity index (χ1v) is 5.08. The molecule has 1 fully saturated rings. The molecule has 1 saturated heterocycles. The Balaban J connectivity index is 2.20. The summed E-state index contributed by atoms with van der Waals surface area (Å²) in [6.07, 6.45) is 0. The predicted octanol–water partition coefficient (Wildman–Crippen LogP) is 2.11. The summed E-state index contributed by atoms with van der Waals surface area (Å²) in [5, 5.41) is 11.2. The molecular formula is C9H10N2OS. The van der Waals surface area contributed by atoms with E-state index in [1.807, 2.05) is 30.3 Å². The number of amidine groups is 1. The SMILES string of the molecule is ON1CCSC1=Nc1ccccc1. The number of hydrogen-bond donors (Lipinski definition) is 1. The lowest BCUT2D eigenvalue weighted by atomic mass is 10.3. The van der Waals surface area contributed by atoms with E-state index in [1.54, 1.807) is 11.8 Å². The van der Waals surface area contributed by atoms with Gasteiger partial charge in [-0.1, -0.05) is 30.0 Å². The third-order valence-electron chi connectivity index (χ3n) is 1.74. The summed E-state index contributed by atoms with van der Waals surface area (Å²) in [5.41, 5.74) is 0.881. The molecule has 1 aromatic rings. The van der Waals surface area contributed by atoms with Crippen LogP contribution in [-0.2, 0) is 0 Å². The molecule has 0 aliphatic carbocycles. The van der Waals surface area contributed by atoms with Crippen LogP contribution in [0.1, 0.15) is 0 Å². The summed E-state index contributed by atoms with van der Waals surface area (Å²) in [6.45, 7) is 0.663. The van der Waals surface area contributed by atoms with Gasteiger partial charge in [-0.25, -0.2) is 10.1 Å². The highest BCUT2D eigenvalue weighted by molar-refractivity contribution is 8.14. The fraction of sp³-hybridized carbons (Fsp3) is 0.222. The van der Waals surface area contributed by atoms with E-state index in [-0.39, 0.29) is 0 Å². The van der Waals surface area contributed by atoms with Gasteiger partial charge in [-0.05, 0) is 12.1 Å². The highest BCUT2D eigenvalue weighted by atomic mass is 32.2. The molecule has 2 rings (SSSR count). The largest absolute Gasteiger partial charge is 0.287 e. The van der Waals surface area contributed by atoms with Crippen LogP contribution < -0.4 is 0 Å². The first kappa shape index (κ1) is 8.59. The van der Waals surface area contributed by atoms with Gasteiger partial charge in [0.15, 0.2) is 5.17 Å². The lowest BCUT2D eigenvalue weighted by molar-refractivity contribution is -0.000637. The van der Waals surface area contributed by atoms with Crippen molar-refractivity contribution in [3.8, 4) is 0 Å². The number of hydrogen-bond acceptors (Lipinski definition) is 3. The molecule has 0 atom stereocenters. The number of nitrogens with zero attached hydrogens (tertiary/aromatic N) is 2. The second-order valence-electron chi connectivity index (χ2n) is 2.70. The topological polar surface area (TPSA) is 35.8 Å². The minimum atomic E-state index is 0.663. The number of benzene rings is 1. The maximum atomic E-state index is 9.33. The number of para-hydroxylation sites is 1. The number of aliphatic imine (C=N–C) groups is 1. The van der Waals surface area contributed by atoms with E-state index in [0.29, 0.717) is 11.7 Å². The molecule has 1 aromatic carbocycles. The lowest BCUT2D eigenvalue weighted by Gasteiger charge is -2.06. The Morgan fingerprint density at radius 3 is 2.69 bits per heavy atom. The normalized spacial score (nSPS) is 19.8. The molecule has 1 heterocycles.